The van der Waals surface area contributed by atoms with Gasteiger partial charge in [-0.3, -0.25) is 4.79 Å². The molecule has 27 heavy (non-hydrogen) atoms. The maximum atomic E-state index is 15.4. The number of likely N-dealkylation sites (N-methyl/N-ethyl adjacent to an activating group) is 1. The number of hydrogen-bond donors (Lipinski definition) is 1. The summed E-state index contributed by atoms with van der Waals surface area (Å²) in [7, 11) is 2.05. The SMILES string of the molecule is Cc1c(F)c(N2CCN(C)CC2)c(C)c2c1c(=O)c(C(=O)O)cn2C1CC1. The topological polar surface area (TPSA) is 65.8 Å². The van der Waals surface area contributed by atoms with Crippen molar-refractivity contribution in [3.63, 3.8) is 0 Å². The predicted octanol–water partition coefficient (Wildman–Crippen LogP) is 2.54. The van der Waals surface area contributed by atoms with Gasteiger partial charge in [0.15, 0.2) is 5.82 Å². The molecule has 4 rings (SSSR count). The molecule has 1 aliphatic heterocycles. The number of benzene rings is 1. The number of carbonyl (C=O) groups is 1. The fourth-order valence-electron chi connectivity index (χ4n) is 4.13. The number of carboxylic acids is 1. The van der Waals surface area contributed by atoms with Crippen LogP contribution in [-0.4, -0.2) is 53.8 Å². The van der Waals surface area contributed by atoms with E-state index in [1.54, 1.807) is 6.92 Å². The Kier molecular flexibility index (Phi) is 4.22. The van der Waals surface area contributed by atoms with E-state index in [1.807, 2.05) is 23.4 Å². The first kappa shape index (κ1) is 18.0. The molecule has 7 heteroatoms. The summed E-state index contributed by atoms with van der Waals surface area (Å²) in [5.41, 5.74) is 1.30. The number of nitrogens with zero attached hydrogens (tertiary/aromatic N) is 3. The van der Waals surface area contributed by atoms with Crippen LogP contribution >= 0.6 is 0 Å². The minimum Gasteiger partial charge on any atom is -0.477 e. The molecule has 0 spiro atoms. The maximum absolute atomic E-state index is 15.4. The van der Waals surface area contributed by atoms with Crippen LogP contribution in [0.15, 0.2) is 11.0 Å². The minimum atomic E-state index is -1.27. The van der Waals surface area contributed by atoms with Crippen molar-refractivity contribution in [1.29, 1.82) is 0 Å². The van der Waals surface area contributed by atoms with E-state index in [0.29, 0.717) is 11.2 Å². The summed E-state index contributed by atoms with van der Waals surface area (Å²) in [6.45, 7) is 6.57. The van der Waals surface area contributed by atoms with Crippen LogP contribution in [0.4, 0.5) is 10.1 Å². The van der Waals surface area contributed by atoms with Crippen LogP contribution in [0.3, 0.4) is 0 Å². The average Bonchev–Trinajstić information content (AvgIpc) is 3.46. The van der Waals surface area contributed by atoms with Gasteiger partial charge in [-0.25, -0.2) is 9.18 Å². The molecule has 1 N–H and O–H groups in total. The predicted molar refractivity (Wildman–Crippen MR) is 103 cm³/mol. The van der Waals surface area contributed by atoms with Crippen LogP contribution in [0.2, 0.25) is 0 Å². The Bertz CT molecular complexity index is 1000. The number of hydrogen-bond acceptors (Lipinski definition) is 4. The third-order valence-electron chi connectivity index (χ3n) is 5.85. The normalized spacial score (nSPS) is 18.3. The van der Waals surface area contributed by atoms with Gasteiger partial charge in [0, 0.05) is 44.0 Å². The second-order valence-electron chi connectivity index (χ2n) is 7.74. The molecule has 0 bridgehead atoms. The smallest absolute Gasteiger partial charge is 0.341 e. The zero-order valence-electron chi connectivity index (χ0n) is 15.9. The van der Waals surface area contributed by atoms with E-state index in [1.165, 1.54) is 6.20 Å². The monoisotopic (exact) mass is 373 g/mol. The first-order valence-corrected chi connectivity index (χ1v) is 9.35. The molecule has 0 atom stereocenters. The van der Waals surface area contributed by atoms with E-state index < -0.39 is 17.2 Å². The Hall–Kier alpha value is -2.41. The van der Waals surface area contributed by atoms with Crippen LogP contribution in [0.25, 0.3) is 10.9 Å². The molecular weight excluding hydrogens is 349 g/mol. The van der Waals surface area contributed by atoms with Crippen molar-refractivity contribution in [2.45, 2.75) is 32.7 Å². The van der Waals surface area contributed by atoms with E-state index in [2.05, 4.69) is 4.90 Å². The van der Waals surface area contributed by atoms with Gasteiger partial charge < -0.3 is 19.5 Å². The van der Waals surface area contributed by atoms with E-state index in [9.17, 15) is 14.7 Å². The third-order valence-corrected chi connectivity index (χ3v) is 5.85. The van der Waals surface area contributed by atoms with Crippen LogP contribution in [0, 0.1) is 19.7 Å². The summed E-state index contributed by atoms with van der Waals surface area (Å²) in [6, 6.07) is 0.176. The van der Waals surface area contributed by atoms with Gasteiger partial charge in [-0.1, -0.05) is 0 Å². The quantitative estimate of drug-likeness (QED) is 0.896. The van der Waals surface area contributed by atoms with E-state index in [-0.39, 0.29) is 22.6 Å². The zero-order chi connectivity index (χ0) is 19.5. The number of carboxylic acid groups (broad SMARTS) is 1. The van der Waals surface area contributed by atoms with E-state index in [0.717, 1.165) is 44.6 Å². The van der Waals surface area contributed by atoms with Crippen molar-refractivity contribution in [2.24, 2.45) is 0 Å². The van der Waals surface area contributed by atoms with Crippen LogP contribution in [-0.2, 0) is 0 Å². The van der Waals surface area contributed by atoms with Gasteiger partial charge in [0.05, 0.1) is 16.6 Å². The average molecular weight is 373 g/mol. The van der Waals surface area contributed by atoms with Gasteiger partial charge >= 0.3 is 5.97 Å². The Morgan fingerprint density at radius 2 is 1.78 bits per heavy atom. The second-order valence-corrected chi connectivity index (χ2v) is 7.74. The molecule has 2 fully saturated rings. The Labute approximate surface area is 156 Å². The molecule has 1 saturated carbocycles. The number of aromatic nitrogens is 1. The Balaban J connectivity index is 2.03. The highest BCUT2D eigenvalue weighted by Gasteiger charge is 2.31. The number of fused-ring (bicyclic) bond motifs is 1. The lowest BCUT2D eigenvalue weighted by molar-refractivity contribution is 0.0695. The van der Waals surface area contributed by atoms with Crippen LogP contribution in [0.1, 0.15) is 40.4 Å². The van der Waals surface area contributed by atoms with Crippen LogP contribution in [0.5, 0.6) is 0 Å². The fourth-order valence-corrected chi connectivity index (χ4v) is 4.13. The van der Waals surface area contributed by atoms with Gasteiger partial charge in [0.2, 0.25) is 5.43 Å². The van der Waals surface area contributed by atoms with Gasteiger partial charge in [-0.2, -0.15) is 0 Å². The third kappa shape index (κ3) is 2.81. The zero-order valence-corrected chi connectivity index (χ0v) is 15.9. The van der Waals surface area contributed by atoms with Crippen LogP contribution < -0.4 is 10.3 Å². The molecule has 6 nitrogen and oxygen atoms in total. The minimum absolute atomic E-state index is 0.176. The molecule has 2 aromatic rings. The van der Waals surface area contributed by atoms with E-state index in [4.69, 9.17) is 0 Å². The molecule has 1 aromatic heterocycles. The molecule has 1 aromatic carbocycles. The molecule has 1 aliphatic carbocycles. The lowest BCUT2D eigenvalue weighted by atomic mass is 9.98. The summed E-state index contributed by atoms with van der Waals surface area (Å²) < 4.78 is 17.3. The molecule has 144 valence electrons. The number of aromatic carboxylic acids is 1. The van der Waals surface area contributed by atoms with Crippen molar-refractivity contribution >= 4 is 22.6 Å². The highest BCUT2D eigenvalue weighted by Crippen LogP contribution is 2.41. The van der Waals surface area contributed by atoms with Gasteiger partial charge in [0.1, 0.15) is 5.56 Å². The van der Waals surface area contributed by atoms with E-state index >= 15 is 4.39 Å². The van der Waals surface area contributed by atoms with Gasteiger partial charge in [-0.15, -0.1) is 0 Å². The summed E-state index contributed by atoms with van der Waals surface area (Å²) in [4.78, 5) is 28.7. The standard InChI is InChI=1S/C20H24FN3O3/c1-11-15-17(24(13-4-5-13)10-14(19(15)25)20(26)27)12(2)18(16(11)21)23-8-6-22(3)7-9-23/h10,13H,4-9H2,1-3H3,(H,26,27). The van der Waals surface area contributed by atoms with Gasteiger partial charge in [-0.05, 0) is 39.3 Å². The largest absolute Gasteiger partial charge is 0.477 e. The van der Waals surface area contributed by atoms with Crippen molar-refractivity contribution in [1.82, 2.24) is 9.47 Å². The lowest BCUT2D eigenvalue weighted by Gasteiger charge is -2.36. The molecular formula is C20H24FN3O3. The van der Waals surface area contributed by atoms with Crippen molar-refractivity contribution in [3.8, 4) is 0 Å². The summed E-state index contributed by atoms with van der Waals surface area (Å²) in [5.74, 6) is -1.68. The van der Waals surface area contributed by atoms with Crippen molar-refractivity contribution < 1.29 is 14.3 Å². The number of piperazine rings is 1. The Morgan fingerprint density at radius 3 is 2.33 bits per heavy atom. The molecule has 2 aliphatic rings. The number of aryl methyl sites for hydroxylation is 2. The molecule has 2 heterocycles. The number of halogens is 1. The fraction of sp³-hybridized carbons (Fsp3) is 0.500. The second kappa shape index (κ2) is 6.34. The van der Waals surface area contributed by atoms with Crippen molar-refractivity contribution in [3.05, 3.63) is 38.9 Å². The first-order valence-electron chi connectivity index (χ1n) is 9.35. The molecule has 0 radical (unpaired) electrons. The van der Waals surface area contributed by atoms with Crippen molar-refractivity contribution in [2.75, 3.05) is 38.1 Å². The number of rotatable bonds is 3. The van der Waals surface area contributed by atoms with Gasteiger partial charge in [0.25, 0.3) is 0 Å². The highest BCUT2D eigenvalue weighted by atomic mass is 19.1. The molecule has 0 amide bonds. The lowest BCUT2D eigenvalue weighted by Crippen LogP contribution is -2.45. The summed E-state index contributed by atoms with van der Waals surface area (Å²) >= 11 is 0. The first-order chi connectivity index (χ1) is 12.8. The molecule has 0 unspecified atom stereocenters. The summed E-state index contributed by atoms with van der Waals surface area (Å²) in [5, 5.41) is 9.65. The number of anilines is 1. The Morgan fingerprint density at radius 1 is 1.15 bits per heavy atom. The highest BCUT2D eigenvalue weighted by molar-refractivity contribution is 5.97. The summed E-state index contributed by atoms with van der Waals surface area (Å²) in [6.07, 6.45) is 3.33. The number of pyridine rings is 1. The maximum Gasteiger partial charge on any atom is 0.341 e. The molecule has 1 saturated heterocycles.